The Balaban J connectivity index is 5.25. The van der Waals surface area contributed by atoms with E-state index in [0.717, 1.165) is 108 Å². The highest BCUT2D eigenvalue weighted by Crippen LogP contribution is 2.45. The molecule has 3 N–H and O–H groups in total. The van der Waals surface area contributed by atoms with Crippen molar-refractivity contribution in [3.05, 3.63) is 0 Å². The molecule has 3 unspecified atom stereocenters. The first kappa shape index (κ1) is 110. The first-order valence-corrected chi connectivity index (χ1v) is 50.9. The molecule has 0 aromatic heterocycles. The van der Waals surface area contributed by atoms with Gasteiger partial charge in [0.2, 0.25) is 0 Å². The third kappa shape index (κ3) is 84.5. The van der Waals surface area contributed by atoms with Gasteiger partial charge in [0.25, 0.3) is 0 Å². The molecule has 0 aromatic carbocycles. The number of hydrogen-bond acceptors (Lipinski definition) is 15. The van der Waals surface area contributed by atoms with Crippen molar-refractivity contribution in [1.29, 1.82) is 0 Å². The van der Waals surface area contributed by atoms with Gasteiger partial charge in [0, 0.05) is 25.7 Å². The van der Waals surface area contributed by atoms with Crippen molar-refractivity contribution in [1.82, 2.24) is 0 Å². The van der Waals surface area contributed by atoms with Crippen LogP contribution in [-0.2, 0) is 65.4 Å². The Morgan fingerprint density at radius 1 is 0.259 bits per heavy atom. The molecule has 19 heteroatoms. The van der Waals surface area contributed by atoms with Crippen molar-refractivity contribution < 1.29 is 80.2 Å². The van der Waals surface area contributed by atoms with Crippen LogP contribution >= 0.6 is 15.6 Å². The largest absolute Gasteiger partial charge is 0.472 e. The second kappa shape index (κ2) is 82.7. The van der Waals surface area contributed by atoms with Gasteiger partial charge < -0.3 is 33.8 Å². The van der Waals surface area contributed by atoms with Crippen LogP contribution in [0.15, 0.2) is 0 Å². The monoisotopic (exact) mass is 1630 g/mol. The second-order valence-corrected chi connectivity index (χ2v) is 37.5. The van der Waals surface area contributed by atoms with Gasteiger partial charge in [0.05, 0.1) is 26.4 Å². The van der Waals surface area contributed by atoms with Gasteiger partial charge >= 0.3 is 39.5 Å². The van der Waals surface area contributed by atoms with Gasteiger partial charge in [-0.15, -0.1) is 0 Å². The minimum atomic E-state index is -4.97. The van der Waals surface area contributed by atoms with Crippen LogP contribution in [0.3, 0.4) is 0 Å². The average molecular weight is 1630 g/mol. The van der Waals surface area contributed by atoms with Crippen molar-refractivity contribution in [2.45, 2.75) is 516 Å². The highest BCUT2D eigenvalue weighted by atomic mass is 31.2. The van der Waals surface area contributed by atoms with E-state index >= 15 is 0 Å². The Kier molecular flexibility index (Phi) is 81.3. The number of aliphatic hydroxyl groups excluding tert-OH is 1. The van der Waals surface area contributed by atoms with Crippen molar-refractivity contribution in [2.75, 3.05) is 39.6 Å². The first-order valence-electron chi connectivity index (χ1n) is 47.9. The Bertz CT molecular complexity index is 2150. The number of ether oxygens (including phenoxy) is 4. The van der Waals surface area contributed by atoms with Gasteiger partial charge in [0.1, 0.15) is 19.3 Å². The summed E-state index contributed by atoms with van der Waals surface area (Å²) in [7, 11) is -9.94. The third-order valence-corrected chi connectivity index (χ3v) is 24.1. The first-order chi connectivity index (χ1) is 54.3. The van der Waals surface area contributed by atoms with Crippen molar-refractivity contribution in [3.8, 4) is 0 Å². The second-order valence-electron chi connectivity index (χ2n) is 34.6. The molecule has 0 heterocycles. The fraction of sp³-hybridized carbons (Fsp3) is 0.957. The quantitative estimate of drug-likeness (QED) is 0.0222. The van der Waals surface area contributed by atoms with Gasteiger partial charge in [-0.3, -0.25) is 37.3 Å². The fourth-order valence-electron chi connectivity index (χ4n) is 14.6. The van der Waals surface area contributed by atoms with Crippen LogP contribution in [0, 0.1) is 17.8 Å². The summed E-state index contributed by atoms with van der Waals surface area (Å²) in [5.74, 6) is 0.387. The molecule has 0 amide bonds. The molecule has 0 aliphatic rings. The van der Waals surface area contributed by atoms with E-state index < -0.39 is 97.5 Å². The zero-order valence-corrected chi connectivity index (χ0v) is 75.9. The highest BCUT2D eigenvalue weighted by molar-refractivity contribution is 7.47. The summed E-state index contributed by atoms with van der Waals surface area (Å²) < 4.78 is 69.1. The zero-order chi connectivity index (χ0) is 82.2. The molecule has 0 aliphatic heterocycles. The van der Waals surface area contributed by atoms with Crippen molar-refractivity contribution in [2.24, 2.45) is 17.8 Å². The minimum absolute atomic E-state index is 0.108. The smallest absolute Gasteiger partial charge is 0.462 e. The predicted octanol–water partition coefficient (Wildman–Crippen LogP) is 28.8. The molecule has 0 fully saturated rings. The summed E-state index contributed by atoms with van der Waals surface area (Å²) in [6, 6.07) is 0. The maximum absolute atomic E-state index is 13.2. The minimum Gasteiger partial charge on any atom is -0.462 e. The summed E-state index contributed by atoms with van der Waals surface area (Å²) in [5, 5.41) is 10.7. The van der Waals surface area contributed by atoms with E-state index in [1.165, 1.54) is 308 Å². The average Bonchev–Trinajstić information content (AvgIpc) is 0.897. The van der Waals surface area contributed by atoms with Crippen LogP contribution in [-0.4, -0.2) is 96.7 Å². The molecule has 17 nitrogen and oxygen atoms in total. The maximum Gasteiger partial charge on any atom is 0.472 e. The van der Waals surface area contributed by atoms with Gasteiger partial charge in [-0.05, 0) is 43.4 Å². The van der Waals surface area contributed by atoms with E-state index in [9.17, 15) is 43.2 Å². The molecule has 0 rings (SSSR count). The van der Waals surface area contributed by atoms with Crippen molar-refractivity contribution in [3.63, 3.8) is 0 Å². The normalized spacial score (nSPS) is 14.0. The fourth-order valence-corrected chi connectivity index (χ4v) is 16.2. The van der Waals surface area contributed by atoms with E-state index in [0.29, 0.717) is 25.7 Å². The Morgan fingerprint density at radius 3 is 0.679 bits per heavy atom. The Labute approximate surface area is 689 Å². The van der Waals surface area contributed by atoms with E-state index in [1.54, 1.807) is 0 Å². The van der Waals surface area contributed by atoms with E-state index in [-0.39, 0.29) is 25.7 Å². The Hall–Kier alpha value is -1.94. The SMILES string of the molecule is CCCCCCCCCCCCCCCC(=O)OC[C@H](COP(=O)(O)OC[C@H](O)COP(=O)(O)OC[C@@H](COC(=O)CCCCCCCCCCCCCCCCCCCCC(C)C)OC(=O)CCCCCCCCCCCCCCCCCCCCC(C)CC)OC(=O)CCCCCCCCCCCCCCCC(C)C. The topological polar surface area (TPSA) is 237 Å². The van der Waals surface area contributed by atoms with Gasteiger partial charge in [0.15, 0.2) is 12.2 Å². The number of phosphoric acid groups is 2. The van der Waals surface area contributed by atoms with Crippen LogP contribution < -0.4 is 0 Å². The standard InChI is InChI=1S/C93H182O17P2/c1-8-10-11-12-13-14-15-29-39-46-53-60-67-74-90(95)103-80-88(110-93(98)77-70-63-56-49-42-35-28-31-37-44-51-58-65-72-85(5)6)82-107-111(99,100)105-78-87(94)79-106-112(101,102)108-83-89(81-104-91(96)75-68-61-54-47-40-33-26-22-18-16-20-24-30-36-43-50-57-64-71-84(3)4)109-92(97)76-69-62-55-48-41-34-27-23-19-17-21-25-32-38-45-52-59-66-73-86(7)9-2/h84-89,94H,8-83H2,1-7H3,(H,99,100)(H,101,102)/t86?,87-,88+,89+/m0/s1. The molecule has 0 spiro atoms. The van der Waals surface area contributed by atoms with E-state index in [4.69, 9.17) is 37.0 Å². The van der Waals surface area contributed by atoms with Crippen LogP contribution in [0.1, 0.15) is 498 Å². The molecule has 0 aromatic rings. The molecular formula is C93H182O17P2. The summed E-state index contributed by atoms with van der Waals surface area (Å²) >= 11 is 0. The molecule has 112 heavy (non-hydrogen) atoms. The lowest BCUT2D eigenvalue weighted by Crippen LogP contribution is -2.30. The van der Waals surface area contributed by atoms with Crippen LogP contribution in [0.4, 0.5) is 0 Å². The number of unbranched alkanes of at least 4 members (excludes halogenated alkanes) is 58. The molecule has 0 saturated carbocycles. The van der Waals surface area contributed by atoms with Crippen LogP contribution in [0.25, 0.3) is 0 Å². The molecule has 0 saturated heterocycles. The number of hydrogen-bond donors (Lipinski definition) is 3. The zero-order valence-electron chi connectivity index (χ0n) is 74.2. The number of rotatable bonds is 91. The lowest BCUT2D eigenvalue weighted by molar-refractivity contribution is -0.161. The molecule has 0 radical (unpaired) electrons. The molecule has 0 aliphatic carbocycles. The summed E-state index contributed by atoms with van der Waals surface area (Å²) in [6.45, 7) is 12.1. The van der Waals surface area contributed by atoms with Crippen molar-refractivity contribution >= 4 is 39.5 Å². The van der Waals surface area contributed by atoms with Gasteiger partial charge in [-0.2, -0.15) is 0 Å². The van der Waals surface area contributed by atoms with Crippen LogP contribution in [0.5, 0.6) is 0 Å². The maximum atomic E-state index is 13.2. The highest BCUT2D eigenvalue weighted by Gasteiger charge is 2.31. The van der Waals surface area contributed by atoms with E-state index in [2.05, 4.69) is 48.5 Å². The number of esters is 4. The molecule has 6 atom stereocenters. The Morgan fingerprint density at radius 2 is 0.455 bits per heavy atom. The van der Waals surface area contributed by atoms with Gasteiger partial charge in [-0.1, -0.05) is 447 Å². The molecular weight excluding hydrogens is 1450 g/mol. The lowest BCUT2D eigenvalue weighted by atomic mass is 9.99. The van der Waals surface area contributed by atoms with Gasteiger partial charge in [-0.25, -0.2) is 9.13 Å². The third-order valence-electron chi connectivity index (χ3n) is 22.2. The number of carbonyl (C=O) groups is 4. The number of carbonyl (C=O) groups excluding carboxylic acids is 4. The molecule has 0 bridgehead atoms. The van der Waals surface area contributed by atoms with Crippen LogP contribution in [0.2, 0.25) is 0 Å². The summed E-state index contributed by atoms with van der Waals surface area (Å²) in [6.07, 6.45) is 76.3. The van der Waals surface area contributed by atoms with E-state index in [1.807, 2.05) is 0 Å². The summed E-state index contributed by atoms with van der Waals surface area (Å²) in [4.78, 5) is 73.5. The summed E-state index contributed by atoms with van der Waals surface area (Å²) in [5.41, 5.74) is 0. The lowest BCUT2D eigenvalue weighted by Gasteiger charge is -2.21. The predicted molar refractivity (Wildman–Crippen MR) is 465 cm³/mol. The number of aliphatic hydroxyl groups is 1. The molecule has 666 valence electrons. The number of phosphoric ester groups is 2.